The Hall–Kier alpha value is -3.04. The van der Waals surface area contributed by atoms with Crippen molar-refractivity contribution in [2.45, 2.75) is 12.5 Å². The molecule has 0 aliphatic carbocycles. The Balaban J connectivity index is 2.49. The van der Waals surface area contributed by atoms with Gasteiger partial charge >= 0.3 is 5.97 Å². The van der Waals surface area contributed by atoms with Crippen LogP contribution in [0, 0.1) is 23.0 Å². The maximum absolute atomic E-state index is 14.1. The standard InChI is InChI=1S/C18H14F2N2O2/c19-13-5-6-15(16(20)9-13)14(7-8-17(22)18(23)24)12-3-1-11(10-21)2-4-12/h1-7,9,17H,8,22H2,(H,23,24)/b14-7-. The molecule has 0 aromatic heterocycles. The highest BCUT2D eigenvalue weighted by Gasteiger charge is 2.14. The van der Waals surface area contributed by atoms with Crippen molar-refractivity contribution in [1.82, 2.24) is 0 Å². The number of halogens is 2. The summed E-state index contributed by atoms with van der Waals surface area (Å²) in [4.78, 5) is 10.9. The average Bonchev–Trinajstić information content (AvgIpc) is 2.56. The quantitative estimate of drug-likeness (QED) is 0.883. The number of carbonyl (C=O) groups is 1. The second kappa shape index (κ2) is 7.49. The molecule has 0 saturated carbocycles. The van der Waals surface area contributed by atoms with Gasteiger partial charge in [-0.1, -0.05) is 18.2 Å². The third-order valence-electron chi connectivity index (χ3n) is 3.44. The molecule has 24 heavy (non-hydrogen) atoms. The molecule has 3 N–H and O–H groups in total. The lowest BCUT2D eigenvalue weighted by atomic mass is 9.95. The van der Waals surface area contributed by atoms with E-state index in [2.05, 4.69) is 0 Å². The van der Waals surface area contributed by atoms with Crippen molar-refractivity contribution in [2.75, 3.05) is 0 Å². The van der Waals surface area contributed by atoms with Gasteiger partial charge in [0.2, 0.25) is 0 Å². The van der Waals surface area contributed by atoms with Crippen molar-refractivity contribution >= 4 is 11.5 Å². The molecule has 0 saturated heterocycles. The highest BCUT2D eigenvalue weighted by Crippen LogP contribution is 2.27. The van der Waals surface area contributed by atoms with Crippen molar-refractivity contribution in [3.63, 3.8) is 0 Å². The Bertz CT molecular complexity index is 824. The lowest BCUT2D eigenvalue weighted by molar-refractivity contribution is -0.138. The van der Waals surface area contributed by atoms with Crippen LogP contribution >= 0.6 is 0 Å². The average molecular weight is 328 g/mol. The molecule has 0 radical (unpaired) electrons. The van der Waals surface area contributed by atoms with Gasteiger partial charge in [-0.05, 0) is 41.8 Å². The molecular formula is C18H14F2N2O2. The van der Waals surface area contributed by atoms with Crippen LogP contribution in [0.15, 0.2) is 48.5 Å². The summed E-state index contributed by atoms with van der Waals surface area (Å²) in [5, 5.41) is 17.7. The molecule has 1 unspecified atom stereocenters. The van der Waals surface area contributed by atoms with Gasteiger partial charge in [0.05, 0.1) is 11.6 Å². The SMILES string of the molecule is N#Cc1ccc(/C(=C/CC(N)C(=O)O)c2ccc(F)cc2F)cc1. The number of carboxylic acid groups (broad SMARTS) is 1. The van der Waals surface area contributed by atoms with Crippen LogP contribution in [0.2, 0.25) is 0 Å². The molecule has 4 nitrogen and oxygen atoms in total. The Morgan fingerprint density at radius 2 is 1.92 bits per heavy atom. The van der Waals surface area contributed by atoms with Crippen molar-refractivity contribution in [1.29, 1.82) is 5.26 Å². The lowest BCUT2D eigenvalue weighted by Gasteiger charge is -2.11. The van der Waals surface area contributed by atoms with Crippen LogP contribution in [0.4, 0.5) is 8.78 Å². The molecule has 0 bridgehead atoms. The van der Waals surface area contributed by atoms with Crippen LogP contribution in [0.5, 0.6) is 0 Å². The van der Waals surface area contributed by atoms with Crippen molar-refractivity contribution < 1.29 is 18.7 Å². The smallest absolute Gasteiger partial charge is 0.320 e. The molecule has 2 aromatic carbocycles. The first-order valence-corrected chi connectivity index (χ1v) is 7.07. The number of hydrogen-bond acceptors (Lipinski definition) is 3. The summed E-state index contributed by atoms with van der Waals surface area (Å²) in [6.07, 6.45) is 1.47. The first-order chi connectivity index (χ1) is 11.4. The van der Waals surface area contributed by atoms with Crippen LogP contribution in [0.3, 0.4) is 0 Å². The zero-order chi connectivity index (χ0) is 17.7. The van der Waals surface area contributed by atoms with E-state index in [9.17, 15) is 13.6 Å². The van der Waals surface area contributed by atoms with Crippen LogP contribution in [0.25, 0.3) is 5.57 Å². The first-order valence-electron chi connectivity index (χ1n) is 7.07. The minimum absolute atomic E-state index is 0.0263. The number of carboxylic acids is 1. The minimum Gasteiger partial charge on any atom is -0.480 e. The van der Waals surface area contributed by atoms with E-state index in [1.54, 1.807) is 24.3 Å². The first kappa shape index (κ1) is 17.3. The fourth-order valence-corrected chi connectivity index (χ4v) is 2.16. The predicted octanol–water partition coefficient (Wildman–Crippen LogP) is 3.07. The summed E-state index contributed by atoms with van der Waals surface area (Å²) in [6.45, 7) is 0. The summed E-state index contributed by atoms with van der Waals surface area (Å²) in [5.41, 5.74) is 6.99. The third-order valence-corrected chi connectivity index (χ3v) is 3.44. The van der Waals surface area contributed by atoms with Crippen LogP contribution in [-0.4, -0.2) is 17.1 Å². The number of rotatable bonds is 5. The molecule has 0 amide bonds. The lowest BCUT2D eigenvalue weighted by Crippen LogP contribution is -2.29. The van der Waals surface area contributed by atoms with Gasteiger partial charge in [-0.2, -0.15) is 5.26 Å². The molecule has 6 heteroatoms. The van der Waals surface area contributed by atoms with Gasteiger partial charge in [0.25, 0.3) is 0 Å². The molecule has 2 rings (SSSR count). The molecule has 0 heterocycles. The summed E-state index contributed by atoms with van der Waals surface area (Å²) in [7, 11) is 0. The Morgan fingerprint density at radius 3 is 2.46 bits per heavy atom. The predicted molar refractivity (Wildman–Crippen MR) is 84.8 cm³/mol. The number of nitriles is 1. The van der Waals surface area contributed by atoms with E-state index in [-0.39, 0.29) is 12.0 Å². The van der Waals surface area contributed by atoms with Gasteiger partial charge in [-0.25, -0.2) is 8.78 Å². The Labute approximate surface area is 137 Å². The van der Waals surface area contributed by atoms with E-state index in [1.165, 1.54) is 12.1 Å². The van der Waals surface area contributed by atoms with Gasteiger partial charge in [0, 0.05) is 11.6 Å². The van der Waals surface area contributed by atoms with Gasteiger partial charge < -0.3 is 10.8 Å². The van der Waals surface area contributed by atoms with E-state index >= 15 is 0 Å². The summed E-state index contributed by atoms with van der Waals surface area (Å²) in [5.74, 6) is -2.66. The Kier molecular flexibility index (Phi) is 5.40. The second-order valence-electron chi connectivity index (χ2n) is 5.11. The molecular weight excluding hydrogens is 314 g/mol. The van der Waals surface area contributed by atoms with Crippen molar-refractivity contribution in [2.24, 2.45) is 5.73 Å². The van der Waals surface area contributed by atoms with E-state index < -0.39 is 23.6 Å². The van der Waals surface area contributed by atoms with E-state index in [0.717, 1.165) is 12.1 Å². The Morgan fingerprint density at radius 1 is 1.25 bits per heavy atom. The number of hydrogen-bond donors (Lipinski definition) is 2. The van der Waals surface area contributed by atoms with Gasteiger partial charge in [-0.15, -0.1) is 0 Å². The van der Waals surface area contributed by atoms with E-state index in [0.29, 0.717) is 16.7 Å². The van der Waals surface area contributed by atoms with Crippen LogP contribution in [-0.2, 0) is 4.79 Å². The molecule has 0 spiro atoms. The fraction of sp³-hybridized carbons (Fsp3) is 0.111. The molecule has 0 aliphatic rings. The van der Waals surface area contributed by atoms with Gasteiger partial charge in [-0.3, -0.25) is 4.79 Å². The molecule has 2 aromatic rings. The van der Waals surface area contributed by atoms with Crippen LogP contribution < -0.4 is 5.73 Å². The third kappa shape index (κ3) is 4.03. The van der Waals surface area contributed by atoms with Gasteiger partial charge in [0.15, 0.2) is 0 Å². The number of benzene rings is 2. The van der Waals surface area contributed by atoms with Crippen LogP contribution in [0.1, 0.15) is 23.1 Å². The van der Waals surface area contributed by atoms with Crippen molar-refractivity contribution in [3.8, 4) is 6.07 Å². The van der Waals surface area contributed by atoms with E-state index in [1.807, 2.05) is 6.07 Å². The summed E-state index contributed by atoms with van der Waals surface area (Å²) < 4.78 is 27.3. The maximum Gasteiger partial charge on any atom is 0.320 e. The molecule has 1 atom stereocenters. The summed E-state index contributed by atoms with van der Waals surface area (Å²) in [6, 6.07) is 10.3. The second-order valence-corrected chi connectivity index (χ2v) is 5.11. The topological polar surface area (TPSA) is 87.1 Å². The largest absolute Gasteiger partial charge is 0.480 e. The maximum atomic E-state index is 14.1. The fourth-order valence-electron chi connectivity index (χ4n) is 2.16. The minimum atomic E-state index is -1.18. The number of nitrogens with zero attached hydrogens (tertiary/aromatic N) is 1. The molecule has 0 fully saturated rings. The highest BCUT2D eigenvalue weighted by molar-refractivity contribution is 5.81. The number of aliphatic carboxylic acids is 1. The zero-order valence-corrected chi connectivity index (χ0v) is 12.5. The van der Waals surface area contributed by atoms with Gasteiger partial charge in [0.1, 0.15) is 17.7 Å². The van der Waals surface area contributed by atoms with E-state index in [4.69, 9.17) is 16.1 Å². The zero-order valence-electron chi connectivity index (χ0n) is 12.5. The number of nitrogens with two attached hydrogens (primary N) is 1. The highest BCUT2D eigenvalue weighted by atomic mass is 19.1. The normalized spacial score (nSPS) is 12.5. The monoisotopic (exact) mass is 328 g/mol. The van der Waals surface area contributed by atoms with Crippen molar-refractivity contribution in [3.05, 3.63) is 76.9 Å². The molecule has 122 valence electrons. The molecule has 0 aliphatic heterocycles. The summed E-state index contributed by atoms with van der Waals surface area (Å²) >= 11 is 0.